The molecule has 2 aromatic rings. The predicted molar refractivity (Wildman–Crippen MR) is 65.9 cm³/mol. The van der Waals surface area contributed by atoms with E-state index >= 15 is 0 Å². The number of aromatic nitrogens is 2. The Balaban J connectivity index is 2.60. The monoisotopic (exact) mass is 284 g/mol. The summed E-state index contributed by atoms with van der Waals surface area (Å²) in [6, 6.07) is 3.36. The van der Waals surface area contributed by atoms with E-state index in [1.807, 2.05) is 0 Å². The smallest absolute Gasteiger partial charge is 0.258 e. The summed E-state index contributed by atoms with van der Waals surface area (Å²) >= 11 is 5.02. The van der Waals surface area contributed by atoms with E-state index in [0.717, 1.165) is 17.4 Å². The highest BCUT2D eigenvalue weighted by Crippen LogP contribution is 2.35. The van der Waals surface area contributed by atoms with Crippen molar-refractivity contribution in [1.29, 1.82) is 0 Å². The molecule has 0 fully saturated rings. The van der Waals surface area contributed by atoms with Crippen LogP contribution < -0.4 is 0 Å². The fraction of sp³-hybridized carbons (Fsp3) is 0. The van der Waals surface area contributed by atoms with Gasteiger partial charge in [-0.05, 0) is 6.07 Å². The Bertz CT molecular complexity index is 642. The van der Waals surface area contributed by atoms with Crippen LogP contribution in [-0.2, 0) is 0 Å². The summed E-state index contributed by atoms with van der Waals surface area (Å²) in [4.78, 5) is 20.1. The number of hydrogen-bond acceptors (Lipinski definition) is 8. The van der Waals surface area contributed by atoms with Gasteiger partial charge in [-0.25, -0.2) is 0 Å². The van der Waals surface area contributed by atoms with Crippen molar-refractivity contribution in [3.05, 3.63) is 38.4 Å². The minimum absolute atomic E-state index is 0.184. The third-order valence-electron chi connectivity index (χ3n) is 2.03. The maximum atomic E-state index is 10.9. The molecule has 1 aromatic carbocycles. The van der Waals surface area contributed by atoms with Crippen molar-refractivity contribution in [3.8, 4) is 10.6 Å². The number of thiol groups is 1. The first kappa shape index (κ1) is 12.4. The summed E-state index contributed by atoms with van der Waals surface area (Å²) in [6.07, 6.45) is 0. The highest BCUT2D eigenvalue weighted by molar-refractivity contribution is 7.82. The van der Waals surface area contributed by atoms with E-state index in [9.17, 15) is 20.2 Å². The van der Waals surface area contributed by atoms with Crippen molar-refractivity contribution < 1.29 is 9.85 Å². The van der Waals surface area contributed by atoms with Gasteiger partial charge in [-0.3, -0.25) is 20.2 Å². The Morgan fingerprint density at radius 1 is 1.17 bits per heavy atom. The van der Waals surface area contributed by atoms with Crippen molar-refractivity contribution in [3.63, 3.8) is 0 Å². The van der Waals surface area contributed by atoms with Gasteiger partial charge in [0, 0.05) is 6.07 Å². The summed E-state index contributed by atoms with van der Waals surface area (Å²) in [5, 5.41) is 29.1. The standard InChI is InChI=1S/C8H4N4O4S2/c13-11(14)4-1-2-5(6(3-4)12(15)16)7-9-10-8(17)18-7/h1-3H,(H,10,17). The zero-order valence-electron chi connectivity index (χ0n) is 8.51. The SMILES string of the molecule is O=[N+]([O-])c1ccc(-c2nnc(S)s2)c([N+](=O)[O-])c1. The normalized spacial score (nSPS) is 10.3. The summed E-state index contributed by atoms with van der Waals surface area (Å²) in [6.45, 7) is 0. The second-order valence-electron chi connectivity index (χ2n) is 3.11. The van der Waals surface area contributed by atoms with Crippen LogP contribution in [0, 0.1) is 20.2 Å². The van der Waals surface area contributed by atoms with Gasteiger partial charge in [-0.1, -0.05) is 11.3 Å². The van der Waals surface area contributed by atoms with Crippen molar-refractivity contribution in [2.24, 2.45) is 0 Å². The third-order valence-corrected chi connectivity index (χ3v) is 3.16. The summed E-state index contributed by atoms with van der Waals surface area (Å²) < 4.78 is 0.359. The molecule has 0 N–H and O–H groups in total. The molecule has 0 amide bonds. The number of non-ortho nitro benzene ring substituents is 1. The Kier molecular flexibility index (Phi) is 3.21. The molecule has 10 heteroatoms. The summed E-state index contributed by atoms with van der Waals surface area (Å²) in [7, 11) is 0. The lowest BCUT2D eigenvalue weighted by molar-refractivity contribution is -0.393. The first-order chi connectivity index (χ1) is 8.49. The number of benzene rings is 1. The zero-order chi connectivity index (χ0) is 13.3. The lowest BCUT2D eigenvalue weighted by Crippen LogP contribution is -1.95. The molecule has 1 heterocycles. The van der Waals surface area contributed by atoms with Gasteiger partial charge in [-0.2, -0.15) is 0 Å². The van der Waals surface area contributed by atoms with E-state index < -0.39 is 9.85 Å². The van der Waals surface area contributed by atoms with Crippen LogP contribution in [-0.4, -0.2) is 20.0 Å². The van der Waals surface area contributed by atoms with Gasteiger partial charge in [0.15, 0.2) is 9.35 Å². The van der Waals surface area contributed by atoms with E-state index in [1.165, 1.54) is 12.1 Å². The Hall–Kier alpha value is -2.07. The van der Waals surface area contributed by atoms with Crippen LogP contribution in [0.3, 0.4) is 0 Å². The maximum Gasteiger partial charge on any atom is 0.286 e. The topological polar surface area (TPSA) is 112 Å². The van der Waals surface area contributed by atoms with E-state index in [0.29, 0.717) is 9.35 Å². The van der Waals surface area contributed by atoms with Gasteiger partial charge >= 0.3 is 0 Å². The third kappa shape index (κ3) is 2.28. The van der Waals surface area contributed by atoms with E-state index in [2.05, 4.69) is 22.8 Å². The molecule has 0 aliphatic rings. The molecule has 18 heavy (non-hydrogen) atoms. The first-order valence-corrected chi connectivity index (χ1v) is 5.71. The number of rotatable bonds is 3. The molecule has 0 atom stereocenters. The molecule has 2 rings (SSSR count). The second kappa shape index (κ2) is 4.66. The summed E-state index contributed by atoms with van der Waals surface area (Å²) in [5.41, 5.74) is -0.543. The Morgan fingerprint density at radius 2 is 1.89 bits per heavy atom. The van der Waals surface area contributed by atoms with Crippen LogP contribution >= 0.6 is 24.0 Å². The highest BCUT2D eigenvalue weighted by Gasteiger charge is 2.22. The van der Waals surface area contributed by atoms with Gasteiger partial charge in [0.1, 0.15) is 0 Å². The minimum Gasteiger partial charge on any atom is -0.258 e. The second-order valence-corrected chi connectivity index (χ2v) is 4.81. The summed E-state index contributed by atoms with van der Waals surface area (Å²) in [5.74, 6) is 0. The lowest BCUT2D eigenvalue weighted by Gasteiger charge is -1.98. The molecular formula is C8H4N4O4S2. The minimum atomic E-state index is -0.694. The zero-order valence-corrected chi connectivity index (χ0v) is 10.2. The molecule has 8 nitrogen and oxygen atoms in total. The van der Waals surface area contributed by atoms with Crippen LogP contribution in [0.5, 0.6) is 0 Å². The average Bonchev–Trinajstić information content (AvgIpc) is 2.74. The Morgan fingerprint density at radius 3 is 2.39 bits per heavy atom. The van der Waals surface area contributed by atoms with Crippen LogP contribution in [0.2, 0.25) is 0 Å². The van der Waals surface area contributed by atoms with Gasteiger partial charge in [0.05, 0.1) is 21.5 Å². The molecule has 1 aromatic heterocycles. The largest absolute Gasteiger partial charge is 0.286 e. The fourth-order valence-electron chi connectivity index (χ4n) is 1.29. The predicted octanol–water partition coefficient (Wildman–Crippen LogP) is 2.31. The highest BCUT2D eigenvalue weighted by atomic mass is 32.2. The molecule has 0 spiro atoms. The fourth-order valence-corrected chi connectivity index (χ4v) is 2.21. The lowest BCUT2D eigenvalue weighted by atomic mass is 10.1. The Labute approximate surface area is 109 Å². The molecule has 0 aliphatic heterocycles. The van der Waals surface area contributed by atoms with Gasteiger partial charge in [-0.15, -0.1) is 22.8 Å². The van der Waals surface area contributed by atoms with Crippen molar-refractivity contribution >= 4 is 35.3 Å². The number of nitro benzene ring substituents is 2. The van der Waals surface area contributed by atoms with Crippen LogP contribution in [0.25, 0.3) is 10.6 Å². The number of hydrogen-bond donors (Lipinski definition) is 1. The molecule has 0 radical (unpaired) electrons. The van der Waals surface area contributed by atoms with Gasteiger partial charge in [0.25, 0.3) is 11.4 Å². The molecule has 0 bridgehead atoms. The molecule has 0 saturated carbocycles. The van der Waals surface area contributed by atoms with Crippen molar-refractivity contribution in [1.82, 2.24) is 10.2 Å². The number of nitrogens with zero attached hydrogens (tertiary/aromatic N) is 4. The molecule has 0 unspecified atom stereocenters. The van der Waals surface area contributed by atoms with E-state index in [4.69, 9.17) is 0 Å². The molecule has 92 valence electrons. The van der Waals surface area contributed by atoms with Crippen LogP contribution in [0.1, 0.15) is 0 Å². The van der Waals surface area contributed by atoms with E-state index in [-0.39, 0.29) is 16.9 Å². The first-order valence-electron chi connectivity index (χ1n) is 4.44. The van der Waals surface area contributed by atoms with Crippen molar-refractivity contribution in [2.75, 3.05) is 0 Å². The van der Waals surface area contributed by atoms with E-state index in [1.54, 1.807) is 0 Å². The quantitative estimate of drug-likeness (QED) is 0.525. The van der Waals surface area contributed by atoms with Gasteiger partial charge in [0.2, 0.25) is 0 Å². The average molecular weight is 284 g/mol. The molecular weight excluding hydrogens is 280 g/mol. The number of nitro groups is 2. The molecule has 0 saturated heterocycles. The van der Waals surface area contributed by atoms with Crippen LogP contribution in [0.15, 0.2) is 22.5 Å². The van der Waals surface area contributed by atoms with Gasteiger partial charge < -0.3 is 0 Å². The maximum absolute atomic E-state index is 10.9. The molecule has 0 aliphatic carbocycles. The van der Waals surface area contributed by atoms with Crippen molar-refractivity contribution in [2.45, 2.75) is 4.34 Å². The van der Waals surface area contributed by atoms with Crippen LogP contribution in [0.4, 0.5) is 11.4 Å².